The van der Waals surface area contributed by atoms with Crippen LogP contribution in [0.3, 0.4) is 0 Å². The van der Waals surface area contributed by atoms with Gasteiger partial charge in [-0.05, 0) is 54.8 Å². The number of fused-ring (bicyclic) bond motifs is 1. The number of rotatable bonds is 4. The van der Waals surface area contributed by atoms with Crippen LogP contribution >= 0.6 is 11.3 Å². The molecule has 3 aliphatic carbocycles. The Hall–Kier alpha value is -3.81. The summed E-state index contributed by atoms with van der Waals surface area (Å²) in [5, 5.41) is 5.73. The summed E-state index contributed by atoms with van der Waals surface area (Å²) in [6.07, 6.45) is 0.776. The van der Waals surface area contributed by atoms with E-state index in [0.717, 1.165) is 43.9 Å². The van der Waals surface area contributed by atoms with Crippen molar-refractivity contribution in [2.45, 2.75) is 25.2 Å². The van der Waals surface area contributed by atoms with Crippen LogP contribution in [0.5, 0.6) is 0 Å². The molecular formula is C33H32N4O2S. The Morgan fingerprint density at radius 1 is 0.875 bits per heavy atom. The molecule has 0 saturated carbocycles. The summed E-state index contributed by atoms with van der Waals surface area (Å²) in [7, 11) is 2.08. The number of hydrogen-bond donors (Lipinski definition) is 1. The fourth-order valence-electron chi connectivity index (χ4n) is 6.87. The average Bonchev–Trinajstić information content (AvgIpc) is 3.46. The Labute approximate surface area is 238 Å². The van der Waals surface area contributed by atoms with Crippen LogP contribution in [0.4, 0.5) is 5.13 Å². The third-order valence-corrected chi connectivity index (χ3v) is 9.85. The van der Waals surface area contributed by atoms with Crippen LogP contribution in [0.1, 0.15) is 57.8 Å². The molecule has 1 N–H and O–H groups in total. The van der Waals surface area contributed by atoms with E-state index in [-0.39, 0.29) is 23.7 Å². The molecule has 1 atom stereocenters. The molecule has 6 nitrogen and oxygen atoms in total. The van der Waals surface area contributed by atoms with Gasteiger partial charge < -0.3 is 15.1 Å². The van der Waals surface area contributed by atoms with Gasteiger partial charge in [0.2, 0.25) is 5.91 Å². The van der Waals surface area contributed by atoms with Crippen molar-refractivity contribution in [1.29, 1.82) is 0 Å². The highest BCUT2D eigenvalue weighted by molar-refractivity contribution is 7.14. The molecule has 2 amide bonds. The predicted molar refractivity (Wildman–Crippen MR) is 159 cm³/mol. The lowest BCUT2D eigenvalue weighted by Gasteiger charge is -2.50. The summed E-state index contributed by atoms with van der Waals surface area (Å²) in [4.78, 5) is 35.8. The number of hydrogen-bond acceptors (Lipinski definition) is 5. The van der Waals surface area contributed by atoms with Gasteiger partial charge in [-0.2, -0.15) is 0 Å². The third-order valence-electron chi connectivity index (χ3n) is 9.09. The molecule has 2 heterocycles. The van der Waals surface area contributed by atoms with E-state index in [9.17, 15) is 9.59 Å². The number of carbonyl (C=O) groups is 2. The first-order valence-electron chi connectivity index (χ1n) is 14.0. The highest BCUT2D eigenvalue weighted by Gasteiger charge is 2.54. The van der Waals surface area contributed by atoms with Crippen molar-refractivity contribution >= 4 is 28.3 Å². The molecule has 8 rings (SSSR count). The molecule has 1 aromatic heterocycles. The second-order valence-electron chi connectivity index (χ2n) is 11.5. The van der Waals surface area contributed by atoms with Crippen LogP contribution in [0.15, 0.2) is 78.2 Å². The number of benzene rings is 3. The van der Waals surface area contributed by atoms with Crippen molar-refractivity contribution in [3.63, 3.8) is 0 Å². The highest BCUT2D eigenvalue weighted by Crippen LogP contribution is 2.61. The minimum Gasteiger partial charge on any atom is -0.336 e. The summed E-state index contributed by atoms with van der Waals surface area (Å²) < 4.78 is 0. The maximum Gasteiger partial charge on any atom is 0.253 e. The fourth-order valence-corrected chi connectivity index (χ4v) is 7.58. The zero-order valence-electron chi connectivity index (χ0n) is 22.8. The minimum absolute atomic E-state index is 0.00900. The summed E-state index contributed by atoms with van der Waals surface area (Å²) in [6.45, 7) is 5.41. The van der Waals surface area contributed by atoms with Gasteiger partial charge >= 0.3 is 0 Å². The van der Waals surface area contributed by atoms with E-state index in [4.69, 9.17) is 4.98 Å². The average molecular weight is 549 g/mol. The van der Waals surface area contributed by atoms with Gasteiger partial charge in [0, 0.05) is 54.5 Å². The Bertz CT molecular complexity index is 1560. The third kappa shape index (κ3) is 4.07. The SMILES string of the molecule is CN1CCN(C(=O)c2ccc(-c3csc(NC(=O)C4(C)CC5c6ccccc6C4c4ccccc45)n3)cc2)CC1. The smallest absolute Gasteiger partial charge is 0.253 e. The van der Waals surface area contributed by atoms with Gasteiger partial charge in [-0.3, -0.25) is 9.59 Å². The molecule has 7 heteroatoms. The van der Waals surface area contributed by atoms with E-state index in [1.165, 1.54) is 33.6 Å². The van der Waals surface area contributed by atoms with E-state index >= 15 is 0 Å². The molecule has 1 fully saturated rings. The second kappa shape index (κ2) is 9.68. The van der Waals surface area contributed by atoms with Gasteiger partial charge in [0.1, 0.15) is 0 Å². The highest BCUT2D eigenvalue weighted by atomic mass is 32.1. The number of nitrogens with one attached hydrogen (secondary N) is 1. The molecule has 202 valence electrons. The van der Waals surface area contributed by atoms with Crippen LogP contribution in [0.2, 0.25) is 0 Å². The number of likely N-dealkylation sites (N-methyl/N-ethyl adjacent to an activating group) is 1. The fraction of sp³-hybridized carbons (Fsp3) is 0.303. The largest absolute Gasteiger partial charge is 0.336 e. The summed E-state index contributed by atoms with van der Waals surface area (Å²) in [5.74, 6) is 0.311. The lowest BCUT2D eigenvalue weighted by Crippen LogP contribution is -2.47. The molecule has 1 unspecified atom stereocenters. The standard InChI is InChI=1S/C33H32N4O2S/c1-33(19-27-23-7-3-5-9-25(23)29(33)26-10-6-4-8-24(26)27)31(39)35-32-34-28(20-40-32)21-11-13-22(14-12-21)30(38)37-17-15-36(2)16-18-37/h3-14,20,27,29H,15-19H2,1-2H3,(H,34,35,39). The van der Waals surface area contributed by atoms with Gasteiger partial charge in [0.05, 0.1) is 11.1 Å². The quantitative estimate of drug-likeness (QED) is 0.349. The van der Waals surface area contributed by atoms with Gasteiger partial charge in [-0.25, -0.2) is 4.98 Å². The first-order valence-corrected chi connectivity index (χ1v) is 14.8. The summed E-state index contributed by atoms with van der Waals surface area (Å²) in [6, 6.07) is 24.8. The number of piperazine rings is 1. The molecule has 0 spiro atoms. The lowest BCUT2D eigenvalue weighted by molar-refractivity contribution is -0.126. The molecule has 3 aromatic carbocycles. The molecule has 4 aliphatic rings. The van der Waals surface area contributed by atoms with Gasteiger partial charge in [0.15, 0.2) is 5.13 Å². The van der Waals surface area contributed by atoms with Crippen molar-refractivity contribution in [2.24, 2.45) is 5.41 Å². The molecule has 1 saturated heterocycles. The van der Waals surface area contributed by atoms with Crippen LogP contribution in [-0.2, 0) is 4.79 Å². The molecule has 40 heavy (non-hydrogen) atoms. The van der Waals surface area contributed by atoms with Crippen molar-refractivity contribution in [1.82, 2.24) is 14.8 Å². The Morgan fingerprint density at radius 2 is 1.48 bits per heavy atom. The Kier molecular flexibility index (Phi) is 6.09. The van der Waals surface area contributed by atoms with E-state index in [2.05, 4.69) is 72.7 Å². The van der Waals surface area contributed by atoms with Crippen LogP contribution < -0.4 is 5.32 Å². The zero-order valence-corrected chi connectivity index (χ0v) is 23.6. The van der Waals surface area contributed by atoms with E-state index < -0.39 is 5.41 Å². The van der Waals surface area contributed by atoms with Crippen molar-refractivity contribution in [3.8, 4) is 11.3 Å². The Balaban J connectivity index is 1.10. The summed E-state index contributed by atoms with van der Waals surface area (Å²) in [5.41, 5.74) is 7.07. The van der Waals surface area contributed by atoms with Gasteiger partial charge in [0.25, 0.3) is 5.91 Å². The van der Waals surface area contributed by atoms with Gasteiger partial charge in [-0.15, -0.1) is 11.3 Å². The van der Waals surface area contributed by atoms with E-state index in [1.807, 2.05) is 34.5 Å². The van der Waals surface area contributed by atoms with Crippen molar-refractivity contribution in [2.75, 3.05) is 38.5 Å². The zero-order chi connectivity index (χ0) is 27.4. The number of thiazole rings is 1. The molecule has 2 bridgehead atoms. The van der Waals surface area contributed by atoms with Crippen molar-refractivity contribution < 1.29 is 9.59 Å². The van der Waals surface area contributed by atoms with Gasteiger partial charge in [-0.1, -0.05) is 60.7 Å². The number of aromatic nitrogens is 1. The van der Waals surface area contributed by atoms with Crippen LogP contribution in [0.25, 0.3) is 11.3 Å². The van der Waals surface area contributed by atoms with Crippen LogP contribution in [-0.4, -0.2) is 59.8 Å². The molecule has 4 aromatic rings. The molecule has 0 radical (unpaired) electrons. The number of nitrogens with zero attached hydrogens (tertiary/aromatic N) is 3. The molecule has 1 aliphatic heterocycles. The van der Waals surface area contributed by atoms with Crippen LogP contribution in [0, 0.1) is 5.41 Å². The first kappa shape index (κ1) is 25.2. The molecular weight excluding hydrogens is 516 g/mol. The van der Waals surface area contributed by atoms with E-state index in [1.54, 1.807) is 0 Å². The Morgan fingerprint density at radius 3 is 2.10 bits per heavy atom. The topological polar surface area (TPSA) is 65.5 Å². The summed E-state index contributed by atoms with van der Waals surface area (Å²) >= 11 is 1.44. The van der Waals surface area contributed by atoms with Crippen molar-refractivity contribution in [3.05, 3.63) is 106 Å². The van der Waals surface area contributed by atoms with E-state index in [0.29, 0.717) is 10.7 Å². The maximum atomic E-state index is 13.9. The monoisotopic (exact) mass is 548 g/mol. The number of amides is 2. The second-order valence-corrected chi connectivity index (χ2v) is 12.4. The maximum absolute atomic E-state index is 13.9. The minimum atomic E-state index is -0.579. The number of carbonyl (C=O) groups excluding carboxylic acids is 2. The normalized spacial score (nSPS) is 23.4. The lowest BCUT2D eigenvalue weighted by atomic mass is 9.52. The predicted octanol–water partition coefficient (Wildman–Crippen LogP) is 5.82. The first-order chi connectivity index (χ1) is 19.4. The number of anilines is 1.